The molecule has 28 heavy (non-hydrogen) atoms. The van der Waals surface area contributed by atoms with E-state index in [-0.39, 0.29) is 37.1 Å². The van der Waals surface area contributed by atoms with Gasteiger partial charge in [-0.15, -0.1) is 0 Å². The summed E-state index contributed by atoms with van der Waals surface area (Å²) < 4.78 is 20.0. The Hall–Kier alpha value is -3.49. The highest BCUT2D eigenvalue weighted by molar-refractivity contribution is 6.08. The summed E-state index contributed by atoms with van der Waals surface area (Å²) in [5, 5.41) is 2.58. The summed E-state index contributed by atoms with van der Waals surface area (Å²) in [4.78, 5) is 42.2. The number of benzene rings is 1. The largest absolute Gasteiger partial charge is 0.442 e. The molecule has 144 valence electrons. The van der Waals surface area contributed by atoms with Crippen LogP contribution in [-0.4, -0.2) is 42.1 Å². The van der Waals surface area contributed by atoms with Crippen LogP contribution in [0.5, 0.6) is 0 Å². The van der Waals surface area contributed by atoms with Crippen molar-refractivity contribution in [1.82, 2.24) is 10.3 Å². The molecule has 1 atom stereocenters. The van der Waals surface area contributed by atoms with Gasteiger partial charge in [-0.05, 0) is 24.3 Å². The summed E-state index contributed by atoms with van der Waals surface area (Å²) in [5.74, 6) is -1.22. The van der Waals surface area contributed by atoms with Gasteiger partial charge in [-0.1, -0.05) is 6.07 Å². The molecule has 0 radical (unpaired) electrons. The van der Waals surface area contributed by atoms with Gasteiger partial charge in [-0.25, -0.2) is 9.18 Å². The molecule has 2 aliphatic heterocycles. The second-order valence-electron chi connectivity index (χ2n) is 6.59. The Morgan fingerprint density at radius 2 is 2.14 bits per heavy atom. The van der Waals surface area contributed by atoms with E-state index in [1.54, 1.807) is 18.2 Å². The van der Waals surface area contributed by atoms with E-state index in [9.17, 15) is 18.8 Å². The summed E-state index contributed by atoms with van der Waals surface area (Å²) in [5.41, 5.74) is 1.49. The molecule has 8 nitrogen and oxygen atoms in total. The Balaban J connectivity index is 1.52. The van der Waals surface area contributed by atoms with E-state index < -0.39 is 18.0 Å². The minimum atomic E-state index is -0.628. The van der Waals surface area contributed by atoms with Gasteiger partial charge in [0.15, 0.2) is 0 Å². The molecule has 0 aliphatic carbocycles. The maximum absolute atomic E-state index is 14.8. The number of nitrogens with zero attached hydrogens (tertiary/aromatic N) is 3. The van der Waals surface area contributed by atoms with Crippen LogP contribution < -0.4 is 15.1 Å². The van der Waals surface area contributed by atoms with Crippen LogP contribution in [0.2, 0.25) is 0 Å². The van der Waals surface area contributed by atoms with Gasteiger partial charge in [0, 0.05) is 18.7 Å². The maximum Gasteiger partial charge on any atom is 0.414 e. The molecule has 0 unspecified atom stereocenters. The Morgan fingerprint density at radius 1 is 1.32 bits per heavy atom. The lowest BCUT2D eigenvalue weighted by Gasteiger charge is -2.19. The van der Waals surface area contributed by atoms with Crippen LogP contribution in [0.4, 0.5) is 20.6 Å². The lowest BCUT2D eigenvalue weighted by molar-refractivity contribution is -0.119. The second kappa shape index (κ2) is 6.91. The molecule has 0 saturated carbocycles. The maximum atomic E-state index is 14.8. The summed E-state index contributed by atoms with van der Waals surface area (Å²) in [7, 11) is 0. The number of cyclic esters (lactones) is 1. The zero-order chi connectivity index (χ0) is 19.8. The van der Waals surface area contributed by atoms with Crippen molar-refractivity contribution in [3.8, 4) is 0 Å². The number of pyridine rings is 1. The van der Waals surface area contributed by atoms with E-state index in [4.69, 9.17) is 4.74 Å². The topological polar surface area (TPSA) is 91.8 Å². The molecule has 2 aliphatic rings. The molecule has 1 N–H and O–H groups in total. The molecule has 0 spiro atoms. The quantitative estimate of drug-likeness (QED) is 0.869. The Kier molecular flexibility index (Phi) is 4.42. The van der Waals surface area contributed by atoms with Crippen molar-refractivity contribution in [1.29, 1.82) is 0 Å². The molecule has 9 heteroatoms. The molecule has 1 saturated heterocycles. The number of anilines is 2. The summed E-state index contributed by atoms with van der Waals surface area (Å²) in [6.45, 7) is 1.99. The standard InChI is InChI=1S/C19H17FN4O4/c1-11(25)22-8-14-10-23(19(27)28-14)13-4-5-16(15(20)7-13)24-9-12-3-2-6-21-17(12)18(24)26/h2-7,14H,8-10H2,1H3,(H,22,25)/t14-/m0/s1. The van der Waals surface area contributed by atoms with Gasteiger partial charge in [-0.3, -0.25) is 24.4 Å². The van der Waals surface area contributed by atoms with Crippen molar-refractivity contribution in [2.45, 2.75) is 19.6 Å². The zero-order valence-corrected chi connectivity index (χ0v) is 15.0. The van der Waals surface area contributed by atoms with Gasteiger partial charge in [0.2, 0.25) is 5.91 Å². The van der Waals surface area contributed by atoms with Gasteiger partial charge >= 0.3 is 6.09 Å². The van der Waals surface area contributed by atoms with Gasteiger partial charge in [0.25, 0.3) is 5.91 Å². The van der Waals surface area contributed by atoms with Crippen molar-refractivity contribution in [2.75, 3.05) is 22.9 Å². The molecule has 1 aromatic carbocycles. The van der Waals surface area contributed by atoms with Crippen LogP contribution in [0, 0.1) is 5.82 Å². The number of aromatic nitrogens is 1. The molecule has 3 amide bonds. The number of carbonyl (C=O) groups is 3. The number of hydrogen-bond donors (Lipinski definition) is 1. The fraction of sp³-hybridized carbons (Fsp3) is 0.263. The average molecular weight is 384 g/mol. The predicted octanol–water partition coefficient (Wildman–Crippen LogP) is 1.84. The molecule has 3 heterocycles. The predicted molar refractivity (Wildman–Crippen MR) is 97.4 cm³/mol. The summed E-state index contributed by atoms with van der Waals surface area (Å²) in [6, 6.07) is 7.72. The third kappa shape index (κ3) is 3.15. The average Bonchev–Trinajstić information content (AvgIpc) is 3.20. The number of carbonyl (C=O) groups excluding carboxylic acids is 3. The lowest BCUT2D eigenvalue weighted by atomic mass is 10.2. The molecular formula is C19H17FN4O4. The van der Waals surface area contributed by atoms with Crippen LogP contribution in [0.1, 0.15) is 23.0 Å². The normalized spacial score (nSPS) is 18.3. The van der Waals surface area contributed by atoms with Crippen molar-refractivity contribution in [2.24, 2.45) is 0 Å². The van der Waals surface area contributed by atoms with Gasteiger partial charge in [-0.2, -0.15) is 0 Å². The third-order valence-electron chi connectivity index (χ3n) is 4.65. The number of rotatable bonds is 4. The smallest absolute Gasteiger partial charge is 0.414 e. The third-order valence-corrected chi connectivity index (χ3v) is 4.65. The van der Waals surface area contributed by atoms with Gasteiger partial charge < -0.3 is 10.1 Å². The number of fused-ring (bicyclic) bond motifs is 1. The number of halogens is 1. The minimum absolute atomic E-state index is 0.120. The SMILES string of the molecule is CC(=O)NC[C@H]1CN(c2ccc(N3Cc4cccnc4C3=O)c(F)c2)C(=O)O1. The monoisotopic (exact) mass is 384 g/mol. The van der Waals surface area contributed by atoms with E-state index in [0.717, 1.165) is 5.56 Å². The van der Waals surface area contributed by atoms with Crippen LogP contribution in [0.25, 0.3) is 0 Å². The van der Waals surface area contributed by atoms with Crippen molar-refractivity contribution in [3.63, 3.8) is 0 Å². The zero-order valence-electron chi connectivity index (χ0n) is 15.0. The first-order valence-electron chi connectivity index (χ1n) is 8.72. The van der Waals surface area contributed by atoms with Crippen LogP contribution in [-0.2, 0) is 16.1 Å². The van der Waals surface area contributed by atoms with Crippen molar-refractivity contribution in [3.05, 3.63) is 53.6 Å². The van der Waals surface area contributed by atoms with Gasteiger partial charge in [0.05, 0.1) is 31.0 Å². The summed E-state index contributed by atoms with van der Waals surface area (Å²) in [6.07, 6.45) is 0.395. The first kappa shape index (κ1) is 17.9. The van der Waals surface area contributed by atoms with E-state index >= 15 is 0 Å². The fourth-order valence-corrected chi connectivity index (χ4v) is 3.30. The van der Waals surface area contributed by atoms with Crippen LogP contribution >= 0.6 is 0 Å². The van der Waals surface area contributed by atoms with Crippen molar-refractivity contribution >= 4 is 29.3 Å². The van der Waals surface area contributed by atoms with Gasteiger partial charge in [0.1, 0.15) is 17.6 Å². The number of amides is 3. The van der Waals surface area contributed by atoms with Crippen molar-refractivity contribution < 1.29 is 23.5 Å². The Bertz CT molecular complexity index is 980. The summed E-state index contributed by atoms with van der Waals surface area (Å²) >= 11 is 0. The highest BCUT2D eigenvalue weighted by Gasteiger charge is 2.34. The number of hydrogen-bond acceptors (Lipinski definition) is 5. The highest BCUT2D eigenvalue weighted by atomic mass is 19.1. The first-order chi connectivity index (χ1) is 13.4. The lowest BCUT2D eigenvalue weighted by Crippen LogP contribution is -2.33. The molecular weight excluding hydrogens is 367 g/mol. The van der Waals surface area contributed by atoms with Crippen LogP contribution in [0.15, 0.2) is 36.5 Å². The van der Waals surface area contributed by atoms with E-state index in [1.165, 1.54) is 35.1 Å². The molecule has 2 aromatic rings. The molecule has 4 rings (SSSR count). The molecule has 1 fully saturated rings. The minimum Gasteiger partial charge on any atom is -0.442 e. The highest BCUT2D eigenvalue weighted by Crippen LogP contribution is 2.32. The molecule has 0 bridgehead atoms. The number of nitrogens with one attached hydrogen (secondary N) is 1. The first-order valence-corrected chi connectivity index (χ1v) is 8.72. The van der Waals surface area contributed by atoms with E-state index in [2.05, 4.69) is 10.3 Å². The molecule has 1 aromatic heterocycles. The number of ether oxygens (including phenoxy) is 1. The Labute approximate surface area is 159 Å². The van der Waals surface area contributed by atoms with E-state index in [1.807, 2.05) is 0 Å². The Morgan fingerprint density at radius 3 is 2.86 bits per heavy atom. The fourth-order valence-electron chi connectivity index (χ4n) is 3.30. The van der Waals surface area contributed by atoms with Crippen LogP contribution in [0.3, 0.4) is 0 Å². The second-order valence-corrected chi connectivity index (χ2v) is 6.59. The van der Waals surface area contributed by atoms with E-state index in [0.29, 0.717) is 11.4 Å².